The molecule has 0 radical (unpaired) electrons. The minimum absolute atomic E-state index is 0.0211. The molecule has 3 rings (SSSR count). The molecule has 2 N–H and O–H groups in total. The number of esters is 1. The lowest BCUT2D eigenvalue weighted by Gasteiger charge is -2.14. The van der Waals surface area contributed by atoms with E-state index in [-0.39, 0.29) is 22.1 Å². The molecule has 0 spiro atoms. The van der Waals surface area contributed by atoms with Crippen LogP contribution in [0.1, 0.15) is 38.8 Å². The minimum Gasteiger partial charge on any atom is -0.462 e. The van der Waals surface area contributed by atoms with Gasteiger partial charge in [-0.3, -0.25) is 9.52 Å². The summed E-state index contributed by atoms with van der Waals surface area (Å²) in [5.74, 6) is -1.05. The summed E-state index contributed by atoms with van der Waals surface area (Å²) in [6.07, 6.45) is 0. The number of hydrogen-bond donors (Lipinski definition) is 2. The van der Waals surface area contributed by atoms with E-state index in [9.17, 15) is 18.0 Å². The molecule has 7 nitrogen and oxygen atoms in total. The van der Waals surface area contributed by atoms with E-state index < -0.39 is 21.9 Å². The molecule has 0 unspecified atom stereocenters. The van der Waals surface area contributed by atoms with Gasteiger partial charge in [-0.25, -0.2) is 13.2 Å². The maximum atomic E-state index is 12.9. The Balaban J connectivity index is 1.88. The predicted molar refractivity (Wildman–Crippen MR) is 129 cm³/mol. The Morgan fingerprint density at radius 2 is 1.73 bits per heavy atom. The summed E-state index contributed by atoms with van der Waals surface area (Å²) in [7, 11) is -4.05. The summed E-state index contributed by atoms with van der Waals surface area (Å²) in [6.45, 7) is 5.46. The highest BCUT2D eigenvalue weighted by Crippen LogP contribution is 2.27. The van der Waals surface area contributed by atoms with Crippen LogP contribution < -0.4 is 10.0 Å². The van der Waals surface area contributed by atoms with Crippen molar-refractivity contribution in [2.24, 2.45) is 0 Å². The number of anilines is 2. The molecule has 3 aromatic rings. The van der Waals surface area contributed by atoms with Crippen molar-refractivity contribution in [3.63, 3.8) is 0 Å². The molecule has 0 aliphatic rings. The minimum atomic E-state index is -4.05. The van der Waals surface area contributed by atoms with Gasteiger partial charge in [-0.05, 0) is 74.4 Å². The molecule has 0 saturated heterocycles. The number of aryl methyl sites for hydroxylation is 1. The summed E-state index contributed by atoms with van der Waals surface area (Å²) in [5.41, 5.74) is 2.62. The predicted octanol–water partition coefficient (Wildman–Crippen LogP) is 5.19. The summed E-state index contributed by atoms with van der Waals surface area (Å²) < 4.78 is 33.4. The topological polar surface area (TPSA) is 102 Å². The van der Waals surface area contributed by atoms with Crippen molar-refractivity contribution < 1.29 is 22.7 Å². The van der Waals surface area contributed by atoms with Gasteiger partial charge in [-0.2, -0.15) is 0 Å². The Bertz CT molecular complexity index is 1320. The first kappa shape index (κ1) is 24.3. The number of hydrogen-bond acceptors (Lipinski definition) is 5. The lowest BCUT2D eigenvalue weighted by molar-refractivity contribution is 0.0525. The number of rotatable bonds is 7. The number of amides is 1. The monoisotopic (exact) mass is 486 g/mol. The molecule has 0 fully saturated rings. The highest BCUT2D eigenvalue weighted by atomic mass is 35.5. The van der Waals surface area contributed by atoms with E-state index in [4.69, 9.17) is 16.3 Å². The Morgan fingerprint density at radius 3 is 2.42 bits per heavy atom. The molecular weight excluding hydrogens is 464 g/mol. The standard InChI is InChI=1S/C24H23ClN2O5S/c1-4-32-24(29)19-9-6-10-21(16(19)3)26-23(28)17-11-12-20(25)22(14-17)33(30,31)27-18-8-5-7-15(2)13-18/h5-14,27H,4H2,1-3H3,(H,26,28). The van der Waals surface area contributed by atoms with Crippen molar-refractivity contribution >= 4 is 44.9 Å². The van der Waals surface area contributed by atoms with E-state index in [0.717, 1.165) is 5.56 Å². The lowest BCUT2D eigenvalue weighted by atomic mass is 10.1. The molecule has 0 aliphatic heterocycles. The van der Waals surface area contributed by atoms with Crippen molar-refractivity contribution in [1.29, 1.82) is 0 Å². The first-order valence-electron chi connectivity index (χ1n) is 10.1. The fourth-order valence-corrected chi connectivity index (χ4v) is 4.74. The number of sulfonamides is 1. The van der Waals surface area contributed by atoms with Gasteiger partial charge >= 0.3 is 5.97 Å². The quantitative estimate of drug-likeness (QED) is 0.448. The van der Waals surface area contributed by atoms with Gasteiger partial charge in [0.05, 0.1) is 17.2 Å². The lowest BCUT2D eigenvalue weighted by Crippen LogP contribution is -2.17. The van der Waals surface area contributed by atoms with Crippen molar-refractivity contribution in [3.8, 4) is 0 Å². The average Bonchev–Trinajstić information content (AvgIpc) is 2.75. The zero-order chi connectivity index (χ0) is 24.2. The third kappa shape index (κ3) is 5.71. The summed E-state index contributed by atoms with van der Waals surface area (Å²) in [6, 6.07) is 15.7. The van der Waals surface area contributed by atoms with E-state index in [1.165, 1.54) is 18.2 Å². The van der Waals surface area contributed by atoms with E-state index in [1.54, 1.807) is 50.2 Å². The molecule has 0 bridgehead atoms. The van der Waals surface area contributed by atoms with Gasteiger partial charge in [-0.1, -0.05) is 29.8 Å². The van der Waals surface area contributed by atoms with Crippen LogP contribution in [0.3, 0.4) is 0 Å². The molecule has 172 valence electrons. The van der Waals surface area contributed by atoms with Crippen LogP contribution in [0.25, 0.3) is 0 Å². The number of halogens is 1. The Kier molecular flexibility index (Phi) is 7.40. The Hall–Kier alpha value is -3.36. The smallest absolute Gasteiger partial charge is 0.338 e. The van der Waals surface area contributed by atoms with Crippen LogP contribution >= 0.6 is 11.6 Å². The third-order valence-electron chi connectivity index (χ3n) is 4.83. The highest BCUT2D eigenvalue weighted by Gasteiger charge is 2.21. The van der Waals surface area contributed by atoms with Gasteiger partial charge in [0.15, 0.2) is 0 Å². The van der Waals surface area contributed by atoms with Crippen LogP contribution in [0.5, 0.6) is 0 Å². The first-order chi connectivity index (χ1) is 15.6. The van der Waals surface area contributed by atoms with Crippen LogP contribution in [0.2, 0.25) is 5.02 Å². The van der Waals surface area contributed by atoms with Gasteiger partial charge in [0.25, 0.3) is 15.9 Å². The normalized spacial score (nSPS) is 11.0. The Labute approximate surface area is 197 Å². The maximum absolute atomic E-state index is 12.9. The van der Waals surface area contributed by atoms with Gasteiger partial charge in [0, 0.05) is 16.9 Å². The SMILES string of the molecule is CCOC(=O)c1cccc(NC(=O)c2ccc(Cl)c(S(=O)(=O)Nc3cccc(C)c3)c2)c1C. The van der Waals surface area contributed by atoms with Crippen LogP contribution in [0, 0.1) is 13.8 Å². The van der Waals surface area contributed by atoms with Crippen LogP contribution in [0.4, 0.5) is 11.4 Å². The van der Waals surface area contributed by atoms with Crippen molar-refractivity contribution in [2.45, 2.75) is 25.7 Å². The largest absolute Gasteiger partial charge is 0.462 e. The number of benzene rings is 3. The third-order valence-corrected chi connectivity index (χ3v) is 6.69. The molecule has 3 aromatic carbocycles. The van der Waals surface area contributed by atoms with Crippen molar-refractivity contribution in [3.05, 3.63) is 87.9 Å². The van der Waals surface area contributed by atoms with Gasteiger partial charge in [0.1, 0.15) is 4.90 Å². The van der Waals surface area contributed by atoms with E-state index in [1.807, 2.05) is 13.0 Å². The average molecular weight is 487 g/mol. The molecule has 0 aliphatic carbocycles. The molecule has 33 heavy (non-hydrogen) atoms. The fourth-order valence-electron chi connectivity index (χ4n) is 3.16. The molecule has 0 atom stereocenters. The zero-order valence-corrected chi connectivity index (χ0v) is 19.9. The van der Waals surface area contributed by atoms with E-state index in [2.05, 4.69) is 10.0 Å². The Morgan fingerprint density at radius 1 is 1.00 bits per heavy atom. The van der Waals surface area contributed by atoms with Gasteiger partial charge in [0.2, 0.25) is 0 Å². The van der Waals surface area contributed by atoms with Gasteiger partial charge in [-0.15, -0.1) is 0 Å². The summed E-state index contributed by atoms with van der Waals surface area (Å²) in [5, 5.41) is 2.69. The molecule has 0 heterocycles. The van der Waals surface area contributed by atoms with Crippen LogP contribution in [0.15, 0.2) is 65.6 Å². The number of carbonyl (C=O) groups is 2. The highest BCUT2D eigenvalue weighted by molar-refractivity contribution is 7.92. The molecule has 0 saturated carbocycles. The number of nitrogens with one attached hydrogen (secondary N) is 2. The van der Waals surface area contributed by atoms with E-state index >= 15 is 0 Å². The van der Waals surface area contributed by atoms with Crippen LogP contribution in [-0.4, -0.2) is 26.9 Å². The number of carbonyl (C=O) groups excluding carboxylic acids is 2. The molecule has 9 heteroatoms. The summed E-state index contributed by atoms with van der Waals surface area (Å²) in [4.78, 5) is 24.8. The fraction of sp³-hybridized carbons (Fsp3) is 0.167. The van der Waals surface area contributed by atoms with Crippen molar-refractivity contribution in [2.75, 3.05) is 16.6 Å². The zero-order valence-electron chi connectivity index (χ0n) is 18.3. The van der Waals surface area contributed by atoms with Crippen LogP contribution in [-0.2, 0) is 14.8 Å². The second-order valence-corrected chi connectivity index (χ2v) is 9.33. The second kappa shape index (κ2) is 10.1. The first-order valence-corrected chi connectivity index (χ1v) is 12.0. The number of ether oxygens (including phenoxy) is 1. The molecular formula is C24H23ClN2O5S. The van der Waals surface area contributed by atoms with Gasteiger partial charge < -0.3 is 10.1 Å². The maximum Gasteiger partial charge on any atom is 0.338 e. The van der Waals surface area contributed by atoms with E-state index in [0.29, 0.717) is 22.5 Å². The van der Waals surface area contributed by atoms with Crippen molar-refractivity contribution in [1.82, 2.24) is 0 Å². The second-order valence-electron chi connectivity index (χ2n) is 7.27. The summed E-state index contributed by atoms with van der Waals surface area (Å²) >= 11 is 6.15. The molecule has 0 aromatic heterocycles. The molecule has 1 amide bonds.